The van der Waals surface area contributed by atoms with Gasteiger partial charge in [0.1, 0.15) is 10.6 Å². The lowest BCUT2D eigenvalue weighted by molar-refractivity contribution is 0.184. The molecular formula is C20H28N4O4S. The molecule has 3 rings (SSSR count). The fraction of sp³-hybridized carbons (Fsp3) is 0.500. The molecule has 0 saturated carbocycles. The van der Waals surface area contributed by atoms with Gasteiger partial charge in [-0.15, -0.1) is 0 Å². The van der Waals surface area contributed by atoms with Crippen LogP contribution in [-0.4, -0.2) is 55.0 Å². The minimum atomic E-state index is -3.69. The van der Waals surface area contributed by atoms with Crippen molar-refractivity contribution >= 4 is 21.7 Å². The van der Waals surface area contributed by atoms with Crippen LogP contribution in [0.25, 0.3) is 0 Å². The van der Waals surface area contributed by atoms with E-state index < -0.39 is 10.0 Å². The van der Waals surface area contributed by atoms with E-state index in [1.54, 1.807) is 18.7 Å². The molecule has 2 heterocycles. The number of rotatable bonds is 3. The maximum Gasteiger partial charge on any atom is 0.321 e. The summed E-state index contributed by atoms with van der Waals surface area (Å²) in [6.07, 6.45) is 0. The summed E-state index contributed by atoms with van der Waals surface area (Å²) in [5.74, 6) is 0.279. The predicted molar refractivity (Wildman–Crippen MR) is 110 cm³/mol. The highest BCUT2D eigenvalue weighted by Crippen LogP contribution is 2.25. The molecule has 0 spiro atoms. The number of benzene rings is 1. The van der Waals surface area contributed by atoms with Gasteiger partial charge in [-0.1, -0.05) is 38.1 Å². The quantitative estimate of drug-likeness (QED) is 0.823. The predicted octanol–water partition coefficient (Wildman–Crippen LogP) is 3.13. The number of hydrogen-bond acceptors (Lipinski definition) is 5. The van der Waals surface area contributed by atoms with Gasteiger partial charge in [0.15, 0.2) is 5.76 Å². The van der Waals surface area contributed by atoms with E-state index in [0.717, 1.165) is 0 Å². The molecule has 0 radical (unpaired) electrons. The zero-order valence-electron chi connectivity index (χ0n) is 17.5. The van der Waals surface area contributed by atoms with Crippen LogP contribution in [0.15, 0.2) is 33.7 Å². The Kier molecular flexibility index (Phi) is 5.73. The smallest absolute Gasteiger partial charge is 0.321 e. The number of piperazine rings is 1. The molecule has 2 amide bonds. The number of sulfonamides is 1. The molecule has 1 N–H and O–H groups in total. The van der Waals surface area contributed by atoms with Crippen LogP contribution in [0, 0.1) is 13.8 Å². The normalized spacial score (nSPS) is 16.1. The third-order valence-corrected chi connectivity index (χ3v) is 7.24. The van der Waals surface area contributed by atoms with E-state index in [1.807, 2.05) is 24.3 Å². The second kappa shape index (κ2) is 7.79. The number of carbonyl (C=O) groups excluding carboxylic acids is 1. The first kappa shape index (κ1) is 21.3. The highest BCUT2D eigenvalue weighted by atomic mass is 32.2. The highest BCUT2D eigenvalue weighted by Gasteiger charge is 2.34. The van der Waals surface area contributed by atoms with E-state index >= 15 is 0 Å². The third kappa shape index (κ3) is 4.45. The summed E-state index contributed by atoms with van der Waals surface area (Å²) in [5, 5.41) is 6.62. The van der Waals surface area contributed by atoms with Gasteiger partial charge in [0.05, 0.1) is 0 Å². The lowest BCUT2D eigenvalue weighted by atomic mass is 9.87. The maximum atomic E-state index is 12.9. The molecule has 2 aromatic rings. The zero-order chi connectivity index (χ0) is 21.4. The van der Waals surface area contributed by atoms with Gasteiger partial charge in [-0.2, -0.15) is 4.31 Å². The van der Waals surface area contributed by atoms with Crippen LogP contribution in [0.1, 0.15) is 37.8 Å². The summed E-state index contributed by atoms with van der Waals surface area (Å²) in [5.41, 5.74) is 2.30. The molecule has 1 fully saturated rings. The van der Waals surface area contributed by atoms with Crippen molar-refractivity contribution in [1.29, 1.82) is 0 Å². The molecule has 29 heavy (non-hydrogen) atoms. The molecule has 0 aliphatic carbocycles. The van der Waals surface area contributed by atoms with E-state index in [2.05, 4.69) is 31.2 Å². The summed E-state index contributed by atoms with van der Waals surface area (Å²) < 4.78 is 32.1. The van der Waals surface area contributed by atoms with Crippen molar-refractivity contribution in [2.75, 3.05) is 31.5 Å². The summed E-state index contributed by atoms with van der Waals surface area (Å²) in [6, 6.07) is 7.55. The fourth-order valence-electron chi connectivity index (χ4n) is 3.36. The zero-order valence-corrected chi connectivity index (χ0v) is 18.3. The molecule has 0 atom stereocenters. The number of urea groups is 1. The molecule has 1 aromatic carbocycles. The number of carbonyl (C=O) groups is 1. The topological polar surface area (TPSA) is 95.8 Å². The van der Waals surface area contributed by atoms with E-state index in [1.165, 1.54) is 9.87 Å². The largest absolute Gasteiger partial charge is 0.360 e. The maximum absolute atomic E-state index is 12.9. The molecule has 9 heteroatoms. The van der Waals surface area contributed by atoms with Crippen LogP contribution in [0.3, 0.4) is 0 Å². The highest BCUT2D eigenvalue weighted by molar-refractivity contribution is 7.89. The average Bonchev–Trinajstić information content (AvgIpc) is 3.00. The van der Waals surface area contributed by atoms with Gasteiger partial charge in [0, 0.05) is 31.9 Å². The van der Waals surface area contributed by atoms with Crippen molar-refractivity contribution in [3.63, 3.8) is 0 Å². The summed E-state index contributed by atoms with van der Waals surface area (Å²) in [7, 11) is -3.69. The summed E-state index contributed by atoms with van der Waals surface area (Å²) in [6.45, 7) is 10.7. The lowest BCUT2D eigenvalue weighted by Crippen LogP contribution is -2.51. The molecule has 0 unspecified atom stereocenters. The van der Waals surface area contributed by atoms with Crippen molar-refractivity contribution in [1.82, 2.24) is 14.4 Å². The number of aryl methyl sites for hydroxylation is 2. The van der Waals surface area contributed by atoms with Crippen molar-refractivity contribution < 1.29 is 17.7 Å². The number of nitrogens with one attached hydrogen (secondary N) is 1. The monoisotopic (exact) mass is 420 g/mol. The molecule has 8 nitrogen and oxygen atoms in total. The molecule has 0 bridgehead atoms. The van der Waals surface area contributed by atoms with E-state index in [0.29, 0.717) is 24.5 Å². The minimum Gasteiger partial charge on any atom is -0.360 e. The number of anilines is 1. The Morgan fingerprint density at radius 3 is 2.14 bits per heavy atom. The Labute approximate surface area is 171 Å². The van der Waals surface area contributed by atoms with Gasteiger partial charge >= 0.3 is 6.03 Å². The Balaban J connectivity index is 1.61. The molecule has 1 aliphatic heterocycles. The second-order valence-corrected chi connectivity index (χ2v) is 10.2. The molecule has 158 valence electrons. The van der Waals surface area contributed by atoms with Crippen LogP contribution in [0.2, 0.25) is 0 Å². The van der Waals surface area contributed by atoms with Crippen LogP contribution in [-0.2, 0) is 15.4 Å². The first-order valence-electron chi connectivity index (χ1n) is 9.59. The second-order valence-electron chi connectivity index (χ2n) is 8.30. The van der Waals surface area contributed by atoms with E-state index in [-0.39, 0.29) is 35.2 Å². The van der Waals surface area contributed by atoms with Crippen molar-refractivity contribution in [2.24, 2.45) is 0 Å². The fourth-order valence-corrected chi connectivity index (χ4v) is 5.07. The first-order valence-corrected chi connectivity index (χ1v) is 11.0. The Bertz CT molecular complexity index is 963. The van der Waals surface area contributed by atoms with Gasteiger partial charge in [-0.05, 0) is 37.0 Å². The molecular weight excluding hydrogens is 392 g/mol. The number of aromatic nitrogens is 1. The average molecular weight is 421 g/mol. The Morgan fingerprint density at radius 2 is 1.66 bits per heavy atom. The van der Waals surface area contributed by atoms with E-state index in [4.69, 9.17) is 4.52 Å². The summed E-state index contributed by atoms with van der Waals surface area (Å²) in [4.78, 5) is 14.3. The molecule has 1 aromatic heterocycles. The summed E-state index contributed by atoms with van der Waals surface area (Å²) >= 11 is 0. The standard InChI is InChI=1S/C20H28N4O4S/c1-14-18(15(2)28-22-14)29(26,27)24-12-10-23(11-13-24)19(25)21-17-8-6-16(7-9-17)20(3,4)5/h6-9H,10-13H2,1-5H3,(H,21,25). The molecule has 1 aliphatic rings. The molecule has 1 saturated heterocycles. The van der Waals surface area contributed by atoms with Gasteiger partial charge in [0.2, 0.25) is 10.0 Å². The van der Waals surface area contributed by atoms with Gasteiger partial charge in [-0.25, -0.2) is 13.2 Å². The SMILES string of the molecule is Cc1noc(C)c1S(=O)(=O)N1CCN(C(=O)Nc2ccc(C(C)(C)C)cc2)CC1. The lowest BCUT2D eigenvalue weighted by Gasteiger charge is -2.33. The van der Waals surface area contributed by atoms with Crippen molar-refractivity contribution in [2.45, 2.75) is 44.9 Å². The minimum absolute atomic E-state index is 0.0472. The van der Waals surface area contributed by atoms with Crippen LogP contribution < -0.4 is 5.32 Å². The Morgan fingerprint density at radius 1 is 1.07 bits per heavy atom. The van der Waals surface area contributed by atoms with Crippen molar-refractivity contribution in [3.8, 4) is 0 Å². The Hall–Kier alpha value is -2.39. The van der Waals surface area contributed by atoms with Crippen LogP contribution in [0.4, 0.5) is 10.5 Å². The van der Waals surface area contributed by atoms with Gasteiger partial charge in [-0.3, -0.25) is 0 Å². The van der Waals surface area contributed by atoms with Gasteiger partial charge < -0.3 is 14.7 Å². The third-order valence-electron chi connectivity index (χ3n) is 5.09. The van der Waals surface area contributed by atoms with Crippen LogP contribution in [0.5, 0.6) is 0 Å². The number of amides is 2. The van der Waals surface area contributed by atoms with Gasteiger partial charge in [0.25, 0.3) is 0 Å². The van der Waals surface area contributed by atoms with Crippen LogP contribution >= 0.6 is 0 Å². The number of hydrogen-bond donors (Lipinski definition) is 1. The van der Waals surface area contributed by atoms with E-state index in [9.17, 15) is 13.2 Å². The first-order chi connectivity index (χ1) is 13.5. The number of nitrogens with zero attached hydrogens (tertiary/aromatic N) is 3. The van der Waals surface area contributed by atoms with Crippen molar-refractivity contribution in [3.05, 3.63) is 41.3 Å².